The van der Waals surface area contributed by atoms with Gasteiger partial charge in [0.15, 0.2) is 5.79 Å². The Morgan fingerprint density at radius 1 is 1.33 bits per heavy atom. The molecule has 0 bridgehead atoms. The first-order valence-corrected chi connectivity index (χ1v) is 4.17. The maximum absolute atomic E-state index is 8.65. The monoisotopic (exact) mass is 169 g/mol. The molecule has 0 aromatic heterocycles. The summed E-state index contributed by atoms with van der Waals surface area (Å²) in [5.41, 5.74) is -0.140. The average Bonchev–Trinajstić information content (AvgIpc) is 2.36. The fourth-order valence-electron chi connectivity index (χ4n) is 1.36. The number of ether oxygens (including phenoxy) is 2. The Balaban J connectivity index is 2.80. The topological polar surface area (TPSA) is 42.2 Å². The molecule has 3 nitrogen and oxygen atoms in total. The van der Waals surface area contributed by atoms with E-state index in [0.717, 1.165) is 0 Å². The highest BCUT2D eigenvalue weighted by Crippen LogP contribution is 2.40. The van der Waals surface area contributed by atoms with Gasteiger partial charge in [0.25, 0.3) is 0 Å². The molecule has 0 radical (unpaired) electrons. The van der Waals surface area contributed by atoms with Crippen LogP contribution in [0.4, 0.5) is 0 Å². The Morgan fingerprint density at radius 3 is 2.17 bits per heavy atom. The summed E-state index contributed by atoms with van der Waals surface area (Å²) in [4.78, 5) is 0. The lowest BCUT2D eigenvalue weighted by atomic mass is 9.83. The van der Waals surface area contributed by atoms with E-state index >= 15 is 0 Å². The molecule has 1 fully saturated rings. The van der Waals surface area contributed by atoms with Crippen molar-refractivity contribution in [2.24, 2.45) is 5.41 Å². The van der Waals surface area contributed by atoms with E-state index in [-0.39, 0.29) is 5.41 Å². The van der Waals surface area contributed by atoms with Crippen LogP contribution in [0.3, 0.4) is 0 Å². The molecule has 1 saturated heterocycles. The van der Waals surface area contributed by atoms with Crippen molar-refractivity contribution in [2.75, 3.05) is 13.2 Å². The summed E-state index contributed by atoms with van der Waals surface area (Å²) in [5.74, 6) is -0.679. The van der Waals surface area contributed by atoms with Gasteiger partial charge in [-0.2, -0.15) is 5.26 Å². The second kappa shape index (κ2) is 3.04. The zero-order chi connectivity index (χ0) is 9.24. The molecule has 0 unspecified atom stereocenters. The highest BCUT2D eigenvalue weighted by Gasteiger charge is 2.47. The van der Waals surface area contributed by atoms with Crippen LogP contribution in [0.2, 0.25) is 0 Å². The first kappa shape index (κ1) is 9.50. The Morgan fingerprint density at radius 2 is 1.83 bits per heavy atom. The summed E-state index contributed by atoms with van der Waals surface area (Å²) >= 11 is 0. The van der Waals surface area contributed by atoms with Crippen LogP contribution in [0.1, 0.15) is 27.2 Å². The molecule has 68 valence electrons. The van der Waals surface area contributed by atoms with Gasteiger partial charge in [0, 0.05) is 5.41 Å². The van der Waals surface area contributed by atoms with Gasteiger partial charge in [-0.25, -0.2) is 0 Å². The van der Waals surface area contributed by atoms with Crippen LogP contribution in [0, 0.1) is 16.7 Å². The van der Waals surface area contributed by atoms with Gasteiger partial charge in [-0.1, -0.05) is 20.8 Å². The van der Waals surface area contributed by atoms with Crippen molar-refractivity contribution in [3.8, 4) is 6.07 Å². The summed E-state index contributed by atoms with van der Waals surface area (Å²) in [5, 5.41) is 8.65. The quantitative estimate of drug-likeness (QED) is 0.599. The lowest BCUT2D eigenvalue weighted by Gasteiger charge is -2.37. The zero-order valence-corrected chi connectivity index (χ0v) is 7.89. The molecule has 1 aliphatic rings. The maximum Gasteiger partial charge on any atom is 0.186 e. The molecule has 0 saturated carbocycles. The van der Waals surface area contributed by atoms with Gasteiger partial charge in [-0.3, -0.25) is 0 Å². The third-order valence-corrected chi connectivity index (χ3v) is 2.21. The van der Waals surface area contributed by atoms with Crippen molar-refractivity contribution in [2.45, 2.75) is 33.0 Å². The van der Waals surface area contributed by atoms with Gasteiger partial charge in [0.05, 0.1) is 25.7 Å². The molecule has 0 aromatic rings. The van der Waals surface area contributed by atoms with E-state index < -0.39 is 5.79 Å². The smallest absolute Gasteiger partial charge is 0.186 e. The summed E-state index contributed by atoms with van der Waals surface area (Å²) in [6, 6.07) is 2.11. The van der Waals surface area contributed by atoms with Gasteiger partial charge in [0.2, 0.25) is 0 Å². The van der Waals surface area contributed by atoms with E-state index in [0.29, 0.717) is 19.6 Å². The summed E-state index contributed by atoms with van der Waals surface area (Å²) < 4.78 is 11.0. The minimum Gasteiger partial charge on any atom is -0.346 e. The van der Waals surface area contributed by atoms with E-state index in [1.165, 1.54) is 0 Å². The molecule has 12 heavy (non-hydrogen) atoms. The lowest BCUT2D eigenvalue weighted by molar-refractivity contribution is -0.218. The third kappa shape index (κ3) is 1.45. The number of nitrogens with zero attached hydrogens (tertiary/aromatic N) is 1. The molecule has 0 amide bonds. The maximum atomic E-state index is 8.65. The Bertz CT molecular complexity index is 194. The second-order valence-electron chi connectivity index (χ2n) is 4.03. The molecule has 1 rings (SSSR count). The van der Waals surface area contributed by atoms with E-state index in [9.17, 15) is 0 Å². The van der Waals surface area contributed by atoms with E-state index in [4.69, 9.17) is 14.7 Å². The van der Waals surface area contributed by atoms with Crippen molar-refractivity contribution in [1.29, 1.82) is 5.26 Å². The number of nitriles is 1. The van der Waals surface area contributed by atoms with Crippen molar-refractivity contribution in [1.82, 2.24) is 0 Å². The van der Waals surface area contributed by atoms with Crippen LogP contribution >= 0.6 is 0 Å². The molecule has 0 spiro atoms. The molecule has 1 heterocycles. The van der Waals surface area contributed by atoms with Gasteiger partial charge in [-0.05, 0) is 0 Å². The van der Waals surface area contributed by atoms with Gasteiger partial charge < -0.3 is 9.47 Å². The van der Waals surface area contributed by atoms with Crippen LogP contribution < -0.4 is 0 Å². The van der Waals surface area contributed by atoms with E-state index in [1.807, 2.05) is 20.8 Å². The standard InChI is InChI=1S/C9H15NO2/c1-8(2,3)9(4-5-10)11-6-7-12-9/h4,6-7H2,1-3H3. The first-order chi connectivity index (χ1) is 5.52. The van der Waals surface area contributed by atoms with E-state index in [1.54, 1.807) is 0 Å². The molecule has 0 aromatic carbocycles. The molecule has 3 heteroatoms. The Hall–Kier alpha value is -0.590. The van der Waals surface area contributed by atoms with Gasteiger partial charge in [-0.15, -0.1) is 0 Å². The van der Waals surface area contributed by atoms with Crippen LogP contribution in [-0.2, 0) is 9.47 Å². The molecular formula is C9H15NO2. The van der Waals surface area contributed by atoms with Crippen LogP contribution in [0.25, 0.3) is 0 Å². The third-order valence-electron chi connectivity index (χ3n) is 2.21. The second-order valence-corrected chi connectivity index (χ2v) is 4.03. The van der Waals surface area contributed by atoms with Crippen molar-refractivity contribution < 1.29 is 9.47 Å². The lowest BCUT2D eigenvalue weighted by Crippen LogP contribution is -2.43. The minimum atomic E-state index is -0.679. The fraction of sp³-hybridized carbons (Fsp3) is 0.889. The summed E-state index contributed by atoms with van der Waals surface area (Å²) in [6.07, 6.45) is 0.302. The molecule has 0 N–H and O–H groups in total. The molecule has 0 atom stereocenters. The summed E-state index contributed by atoms with van der Waals surface area (Å²) in [6.45, 7) is 7.26. The molecular weight excluding hydrogens is 154 g/mol. The van der Waals surface area contributed by atoms with Crippen molar-refractivity contribution >= 4 is 0 Å². The van der Waals surface area contributed by atoms with E-state index in [2.05, 4.69) is 6.07 Å². The zero-order valence-electron chi connectivity index (χ0n) is 7.89. The minimum absolute atomic E-state index is 0.140. The number of rotatable bonds is 1. The van der Waals surface area contributed by atoms with Gasteiger partial charge in [0.1, 0.15) is 0 Å². The highest BCUT2D eigenvalue weighted by atomic mass is 16.7. The van der Waals surface area contributed by atoms with Crippen LogP contribution in [0.5, 0.6) is 0 Å². The summed E-state index contributed by atoms with van der Waals surface area (Å²) in [7, 11) is 0. The van der Waals surface area contributed by atoms with Gasteiger partial charge >= 0.3 is 0 Å². The Labute approximate surface area is 73.3 Å². The van der Waals surface area contributed by atoms with Crippen molar-refractivity contribution in [3.05, 3.63) is 0 Å². The Kier molecular flexibility index (Phi) is 2.41. The normalized spacial score (nSPS) is 22.2. The largest absolute Gasteiger partial charge is 0.346 e. The SMILES string of the molecule is CC(C)(C)C1(CC#N)OCCO1. The molecule has 1 aliphatic heterocycles. The number of hydrogen-bond donors (Lipinski definition) is 0. The predicted octanol–water partition coefficient (Wildman–Crippen LogP) is 1.69. The first-order valence-electron chi connectivity index (χ1n) is 4.17. The predicted molar refractivity (Wildman–Crippen MR) is 44.3 cm³/mol. The fourth-order valence-corrected chi connectivity index (χ4v) is 1.36. The highest BCUT2D eigenvalue weighted by molar-refractivity contribution is 4.93. The van der Waals surface area contributed by atoms with Crippen LogP contribution in [-0.4, -0.2) is 19.0 Å². The number of hydrogen-bond acceptors (Lipinski definition) is 3. The van der Waals surface area contributed by atoms with Crippen molar-refractivity contribution in [3.63, 3.8) is 0 Å². The van der Waals surface area contributed by atoms with Crippen LogP contribution in [0.15, 0.2) is 0 Å². The average molecular weight is 169 g/mol. The molecule has 0 aliphatic carbocycles.